The summed E-state index contributed by atoms with van der Waals surface area (Å²) < 4.78 is 2.64. The average molecular weight is 355 g/mol. The highest BCUT2D eigenvalue weighted by molar-refractivity contribution is 9.10. The van der Waals surface area contributed by atoms with E-state index in [0.29, 0.717) is 0 Å². The molecule has 2 rings (SSSR count). The first-order chi connectivity index (χ1) is 9.61. The minimum Gasteiger partial charge on any atom is -0.308 e. The van der Waals surface area contributed by atoms with Crippen LogP contribution in [-0.2, 0) is 7.05 Å². The van der Waals surface area contributed by atoms with E-state index in [9.17, 15) is 0 Å². The topological polar surface area (TPSA) is 42.7 Å². The second-order valence-corrected chi connectivity index (χ2v) is 6.47. The molecule has 1 aromatic heterocycles. The smallest absolute Gasteiger partial charge is 0.153 e. The molecule has 1 unspecified atom stereocenters. The lowest BCUT2D eigenvalue weighted by molar-refractivity contribution is 0.548. The number of aromatic nitrogens is 3. The number of hydrogen-bond acceptors (Lipinski definition) is 4. The van der Waals surface area contributed by atoms with Gasteiger partial charge in [-0.15, -0.1) is 16.9 Å². The Hall–Kier alpha value is -0.850. The zero-order valence-corrected chi connectivity index (χ0v) is 14.3. The molecule has 20 heavy (non-hydrogen) atoms. The summed E-state index contributed by atoms with van der Waals surface area (Å²) in [5.41, 5.74) is 2.38. The predicted octanol–water partition coefficient (Wildman–Crippen LogP) is 3.33. The normalized spacial score (nSPS) is 12.6. The summed E-state index contributed by atoms with van der Waals surface area (Å²) in [5.74, 6) is 0.941. The maximum atomic E-state index is 4.07. The third-order valence-electron chi connectivity index (χ3n) is 3.04. The van der Waals surface area contributed by atoms with Gasteiger partial charge >= 0.3 is 0 Å². The first kappa shape index (κ1) is 15.5. The van der Waals surface area contributed by atoms with Crippen LogP contribution in [0, 0.1) is 6.92 Å². The van der Waals surface area contributed by atoms with E-state index in [1.807, 2.05) is 23.5 Å². The van der Waals surface area contributed by atoms with Gasteiger partial charge in [0.2, 0.25) is 0 Å². The van der Waals surface area contributed by atoms with Crippen LogP contribution in [0.1, 0.15) is 24.2 Å². The number of thioether (sulfide) groups is 1. The van der Waals surface area contributed by atoms with Crippen LogP contribution in [0.25, 0.3) is 0 Å². The fourth-order valence-electron chi connectivity index (χ4n) is 2.00. The molecule has 2 aromatic rings. The van der Waals surface area contributed by atoms with E-state index < -0.39 is 0 Å². The summed E-state index contributed by atoms with van der Waals surface area (Å²) in [6.45, 7) is 5.13. The highest BCUT2D eigenvalue weighted by atomic mass is 79.9. The van der Waals surface area contributed by atoms with E-state index >= 15 is 0 Å². The standard InChI is InChI=1S/C14H19BrN4S/c1-4-16-12(13-14(15)17-18-19(13)3)9-20-11-7-5-10(2)6-8-11/h5-8,12,16H,4,9H2,1-3H3. The van der Waals surface area contributed by atoms with E-state index in [1.54, 1.807) is 0 Å². The van der Waals surface area contributed by atoms with Gasteiger partial charge in [0.15, 0.2) is 4.60 Å². The summed E-state index contributed by atoms with van der Waals surface area (Å²) in [6, 6.07) is 8.85. The van der Waals surface area contributed by atoms with Crippen molar-refractivity contribution < 1.29 is 0 Å². The number of hydrogen-bond donors (Lipinski definition) is 1. The van der Waals surface area contributed by atoms with Gasteiger partial charge in [0.1, 0.15) is 0 Å². The van der Waals surface area contributed by atoms with Crippen molar-refractivity contribution in [3.8, 4) is 0 Å². The van der Waals surface area contributed by atoms with Crippen LogP contribution in [0.2, 0.25) is 0 Å². The minimum atomic E-state index is 0.223. The van der Waals surface area contributed by atoms with Gasteiger partial charge in [0.25, 0.3) is 0 Å². The molecule has 0 aliphatic heterocycles. The number of nitrogens with one attached hydrogen (secondary N) is 1. The quantitative estimate of drug-likeness (QED) is 0.808. The van der Waals surface area contributed by atoms with Crippen LogP contribution in [0.15, 0.2) is 33.8 Å². The maximum absolute atomic E-state index is 4.07. The zero-order chi connectivity index (χ0) is 14.5. The predicted molar refractivity (Wildman–Crippen MR) is 87.0 cm³/mol. The molecule has 1 atom stereocenters. The average Bonchev–Trinajstić information content (AvgIpc) is 2.76. The van der Waals surface area contributed by atoms with E-state index in [1.165, 1.54) is 10.5 Å². The Kier molecular flexibility index (Phi) is 5.63. The molecule has 6 heteroatoms. The van der Waals surface area contributed by atoms with Crippen LogP contribution < -0.4 is 5.32 Å². The molecule has 4 nitrogen and oxygen atoms in total. The van der Waals surface area contributed by atoms with Gasteiger partial charge in [-0.1, -0.05) is 29.8 Å². The molecule has 0 saturated carbocycles. The number of benzene rings is 1. The molecule has 0 saturated heterocycles. The molecule has 0 aliphatic carbocycles. The summed E-state index contributed by atoms with van der Waals surface area (Å²) in [7, 11) is 1.92. The highest BCUT2D eigenvalue weighted by Crippen LogP contribution is 2.27. The van der Waals surface area contributed by atoms with Crippen molar-refractivity contribution in [2.75, 3.05) is 12.3 Å². The molecule has 108 valence electrons. The molecule has 1 N–H and O–H groups in total. The molecule has 0 bridgehead atoms. The lowest BCUT2D eigenvalue weighted by Gasteiger charge is -2.17. The summed E-state index contributed by atoms with van der Waals surface area (Å²) >= 11 is 5.32. The number of halogens is 1. The van der Waals surface area contributed by atoms with Crippen LogP contribution in [-0.4, -0.2) is 27.3 Å². The molecule has 0 amide bonds. The molecule has 0 radical (unpaired) electrons. The first-order valence-electron chi connectivity index (χ1n) is 6.59. The monoisotopic (exact) mass is 354 g/mol. The van der Waals surface area contributed by atoms with Crippen molar-refractivity contribution in [1.82, 2.24) is 20.3 Å². The van der Waals surface area contributed by atoms with Crippen LogP contribution >= 0.6 is 27.7 Å². The molecule has 1 heterocycles. The van der Waals surface area contributed by atoms with Gasteiger partial charge in [-0.25, -0.2) is 4.68 Å². The van der Waals surface area contributed by atoms with Crippen molar-refractivity contribution >= 4 is 27.7 Å². The Bertz CT molecular complexity index is 533. The zero-order valence-electron chi connectivity index (χ0n) is 11.9. The molecular formula is C14H19BrN4S. The number of nitrogens with zero attached hydrogens (tertiary/aromatic N) is 3. The first-order valence-corrected chi connectivity index (χ1v) is 8.37. The SMILES string of the molecule is CCNC(CSc1ccc(C)cc1)c1c(Br)nnn1C. The van der Waals surface area contributed by atoms with Crippen LogP contribution in [0.5, 0.6) is 0 Å². The third-order valence-corrected chi connectivity index (χ3v) is 4.72. The molecule has 0 fully saturated rings. The highest BCUT2D eigenvalue weighted by Gasteiger charge is 2.19. The van der Waals surface area contributed by atoms with Crippen molar-refractivity contribution in [2.24, 2.45) is 7.05 Å². The van der Waals surface area contributed by atoms with Crippen LogP contribution in [0.4, 0.5) is 0 Å². The Morgan fingerprint density at radius 3 is 2.60 bits per heavy atom. The van der Waals surface area contributed by atoms with Gasteiger partial charge in [-0.05, 0) is 41.5 Å². The largest absolute Gasteiger partial charge is 0.308 e. The fourth-order valence-corrected chi connectivity index (χ4v) is 3.57. The second-order valence-electron chi connectivity index (χ2n) is 4.62. The molecule has 1 aromatic carbocycles. The van der Waals surface area contributed by atoms with E-state index in [2.05, 4.69) is 69.7 Å². The maximum Gasteiger partial charge on any atom is 0.153 e. The van der Waals surface area contributed by atoms with Gasteiger partial charge in [0, 0.05) is 17.7 Å². The van der Waals surface area contributed by atoms with Gasteiger partial charge in [-0.2, -0.15) is 0 Å². The molecular weight excluding hydrogens is 336 g/mol. The van der Waals surface area contributed by atoms with E-state index in [0.717, 1.165) is 22.6 Å². The second kappa shape index (κ2) is 7.24. The summed E-state index contributed by atoms with van der Waals surface area (Å²) in [5, 5.41) is 11.6. The van der Waals surface area contributed by atoms with Crippen molar-refractivity contribution in [1.29, 1.82) is 0 Å². The van der Waals surface area contributed by atoms with Crippen molar-refractivity contribution in [3.63, 3.8) is 0 Å². The van der Waals surface area contributed by atoms with Crippen molar-refractivity contribution in [2.45, 2.75) is 24.8 Å². The minimum absolute atomic E-state index is 0.223. The number of rotatable bonds is 6. The Labute approximate surface area is 132 Å². The summed E-state index contributed by atoms with van der Waals surface area (Å²) in [6.07, 6.45) is 0. The van der Waals surface area contributed by atoms with Gasteiger partial charge < -0.3 is 5.32 Å². The molecule has 0 aliphatic rings. The lowest BCUT2D eigenvalue weighted by Crippen LogP contribution is -2.25. The molecule has 0 spiro atoms. The van der Waals surface area contributed by atoms with E-state index in [-0.39, 0.29) is 6.04 Å². The summed E-state index contributed by atoms with van der Waals surface area (Å²) in [4.78, 5) is 1.28. The lowest BCUT2D eigenvalue weighted by atomic mass is 10.2. The fraction of sp³-hybridized carbons (Fsp3) is 0.429. The van der Waals surface area contributed by atoms with Gasteiger partial charge in [0.05, 0.1) is 11.7 Å². The third kappa shape index (κ3) is 3.84. The Morgan fingerprint density at radius 1 is 1.35 bits per heavy atom. The van der Waals surface area contributed by atoms with E-state index in [4.69, 9.17) is 0 Å². The Morgan fingerprint density at radius 2 is 2.05 bits per heavy atom. The van der Waals surface area contributed by atoms with Gasteiger partial charge in [-0.3, -0.25) is 0 Å². The number of aryl methyl sites for hydroxylation is 2. The Balaban J connectivity index is 2.08. The van der Waals surface area contributed by atoms with Crippen molar-refractivity contribution in [3.05, 3.63) is 40.1 Å². The van der Waals surface area contributed by atoms with Crippen LogP contribution in [0.3, 0.4) is 0 Å².